The largest absolute Gasteiger partial charge is 0.348 e. The number of aromatic nitrogens is 1. The van der Waals surface area contributed by atoms with E-state index in [9.17, 15) is 9.59 Å². The van der Waals surface area contributed by atoms with Crippen molar-refractivity contribution in [1.29, 1.82) is 0 Å². The van der Waals surface area contributed by atoms with Gasteiger partial charge in [-0.25, -0.2) is 4.98 Å². The zero-order valence-electron chi connectivity index (χ0n) is 14.7. The van der Waals surface area contributed by atoms with Crippen LogP contribution in [0.15, 0.2) is 5.38 Å². The Kier molecular flexibility index (Phi) is 4.92. The summed E-state index contributed by atoms with van der Waals surface area (Å²) in [6.07, 6.45) is 2.81. The van der Waals surface area contributed by atoms with Crippen LogP contribution >= 0.6 is 11.3 Å². The molecule has 1 aromatic rings. The number of carbonyl (C=O) groups is 2. The Morgan fingerprint density at radius 3 is 2.83 bits per heavy atom. The molecule has 0 aromatic carbocycles. The van der Waals surface area contributed by atoms with Gasteiger partial charge in [0.1, 0.15) is 0 Å². The molecule has 7 heteroatoms. The number of aryl methyl sites for hydroxylation is 1. The minimum absolute atomic E-state index is 0.104. The summed E-state index contributed by atoms with van der Waals surface area (Å²) in [5, 5.41) is 3.08. The van der Waals surface area contributed by atoms with Crippen molar-refractivity contribution in [3.8, 4) is 0 Å². The summed E-state index contributed by atoms with van der Waals surface area (Å²) in [6.45, 7) is 5.42. The fourth-order valence-corrected chi connectivity index (χ4v) is 4.40. The highest BCUT2D eigenvalue weighted by atomic mass is 32.1. The third kappa shape index (κ3) is 3.47. The summed E-state index contributed by atoms with van der Waals surface area (Å²) in [6, 6.07) is 0. The lowest BCUT2D eigenvalue weighted by Gasteiger charge is -2.39. The highest BCUT2D eigenvalue weighted by Crippen LogP contribution is 2.40. The van der Waals surface area contributed by atoms with Gasteiger partial charge in [-0.2, -0.15) is 0 Å². The van der Waals surface area contributed by atoms with Crippen molar-refractivity contribution < 1.29 is 9.59 Å². The molecule has 1 spiro atoms. The molecule has 1 aromatic heterocycles. The Labute approximate surface area is 147 Å². The van der Waals surface area contributed by atoms with Gasteiger partial charge in [-0.1, -0.05) is 0 Å². The van der Waals surface area contributed by atoms with Crippen LogP contribution in [0.25, 0.3) is 0 Å². The first-order valence-corrected chi connectivity index (χ1v) is 9.40. The maximum absolute atomic E-state index is 13.0. The zero-order valence-corrected chi connectivity index (χ0v) is 15.6. The zero-order chi connectivity index (χ0) is 17.3. The molecule has 6 nitrogen and oxygen atoms in total. The van der Waals surface area contributed by atoms with Gasteiger partial charge in [0.15, 0.2) is 0 Å². The standard InChI is InChI=1S/C17H26N4O2S/c1-13-18-14(11-24-13)9-21-8-6-17(16(21)23)5-4-7-20(12-17)10-15(22)19(2)3/h11H,4-10,12H2,1-3H3/t17-/m1/s1. The smallest absolute Gasteiger partial charge is 0.236 e. The molecule has 0 saturated carbocycles. The van der Waals surface area contributed by atoms with Crippen LogP contribution in [0, 0.1) is 12.3 Å². The number of rotatable bonds is 4. The first-order valence-electron chi connectivity index (χ1n) is 8.52. The topological polar surface area (TPSA) is 56.8 Å². The summed E-state index contributed by atoms with van der Waals surface area (Å²) < 4.78 is 0. The normalized spacial score (nSPS) is 24.8. The van der Waals surface area contributed by atoms with Gasteiger partial charge in [0.05, 0.1) is 29.2 Å². The molecule has 24 heavy (non-hydrogen) atoms. The number of hydrogen-bond acceptors (Lipinski definition) is 5. The second-order valence-electron chi connectivity index (χ2n) is 7.22. The van der Waals surface area contributed by atoms with Crippen LogP contribution in [0.1, 0.15) is 30.0 Å². The molecule has 0 bridgehead atoms. The monoisotopic (exact) mass is 350 g/mol. The summed E-state index contributed by atoms with van der Waals surface area (Å²) in [5.41, 5.74) is 0.689. The lowest BCUT2D eigenvalue weighted by molar-refractivity contribution is -0.141. The Balaban J connectivity index is 1.65. The van der Waals surface area contributed by atoms with E-state index in [1.54, 1.807) is 30.3 Å². The summed E-state index contributed by atoms with van der Waals surface area (Å²) in [7, 11) is 3.56. The van der Waals surface area contributed by atoms with E-state index in [0.717, 1.165) is 43.1 Å². The average Bonchev–Trinajstić information content (AvgIpc) is 3.07. The van der Waals surface area contributed by atoms with Crippen molar-refractivity contribution in [2.24, 2.45) is 5.41 Å². The minimum atomic E-state index is -0.296. The van der Waals surface area contributed by atoms with Crippen LogP contribution in [-0.2, 0) is 16.1 Å². The average molecular weight is 350 g/mol. The quantitative estimate of drug-likeness (QED) is 0.823. The van der Waals surface area contributed by atoms with Gasteiger partial charge >= 0.3 is 0 Å². The molecular formula is C17H26N4O2S. The van der Waals surface area contributed by atoms with E-state index in [1.165, 1.54) is 0 Å². The van der Waals surface area contributed by atoms with Crippen molar-refractivity contribution in [3.63, 3.8) is 0 Å². The summed E-state index contributed by atoms with van der Waals surface area (Å²) in [5.74, 6) is 0.349. The molecule has 2 saturated heterocycles. The van der Waals surface area contributed by atoms with Crippen LogP contribution < -0.4 is 0 Å². The van der Waals surface area contributed by atoms with Crippen LogP contribution in [0.3, 0.4) is 0 Å². The van der Waals surface area contributed by atoms with Crippen molar-refractivity contribution in [2.75, 3.05) is 40.3 Å². The number of piperidine rings is 1. The van der Waals surface area contributed by atoms with Gasteiger partial charge in [-0.05, 0) is 32.7 Å². The molecule has 0 N–H and O–H groups in total. The van der Waals surface area contributed by atoms with E-state index in [-0.39, 0.29) is 17.2 Å². The third-order valence-corrected chi connectivity index (χ3v) is 5.96. The van der Waals surface area contributed by atoms with E-state index in [1.807, 2.05) is 17.2 Å². The van der Waals surface area contributed by atoms with E-state index >= 15 is 0 Å². The number of likely N-dealkylation sites (N-methyl/N-ethyl adjacent to an activating group) is 1. The first kappa shape index (κ1) is 17.4. The Bertz CT molecular complexity index is 630. The van der Waals surface area contributed by atoms with Gasteiger partial charge in [0.2, 0.25) is 11.8 Å². The lowest BCUT2D eigenvalue weighted by Crippen LogP contribution is -2.50. The van der Waals surface area contributed by atoms with Gasteiger partial charge in [0.25, 0.3) is 0 Å². The molecule has 2 aliphatic rings. The van der Waals surface area contributed by atoms with Crippen LogP contribution in [0.5, 0.6) is 0 Å². The second kappa shape index (κ2) is 6.80. The van der Waals surface area contributed by atoms with Gasteiger partial charge in [-0.3, -0.25) is 14.5 Å². The van der Waals surface area contributed by atoms with Crippen LogP contribution in [0.4, 0.5) is 0 Å². The van der Waals surface area contributed by atoms with E-state index < -0.39 is 0 Å². The highest BCUT2D eigenvalue weighted by Gasteiger charge is 2.48. The maximum Gasteiger partial charge on any atom is 0.236 e. The molecule has 0 aliphatic carbocycles. The molecule has 0 radical (unpaired) electrons. The molecule has 1 atom stereocenters. The molecule has 2 aliphatic heterocycles. The summed E-state index contributed by atoms with van der Waals surface area (Å²) >= 11 is 1.63. The lowest BCUT2D eigenvalue weighted by atomic mass is 9.78. The fraction of sp³-hybridized carbons (Fsp3) is 0.706. The Morgan fingerprint density at radius 2 is 2.17 bits per heavy atom. The number of carbonyl (C=O) groups excluding carboxylic acids is 2. The minimum Gasteiger partial charge on any atom is -0.348 e. The van der Waals surface area contributed by atoms with Gasteiger partial charge in [0, 0.05) is 32.6 Å². The molecule has 3 heterocycles. The van der Waals surface area contributed by atoms with Gasteiger partial charge in [-0.15, -0.1) is 11.3 Å². The molecule has 2 amide bonds. The number of thiazole rings is 1. The fourth-order valence-electron chi connectivity index (χ4n) is 3.79. The molecule has 2 fully saturated rings. The molecule has 0 unspecified atom stereocenters. The van der Waals surface area contributed by atoms with E-state index in [0.29, 0.717) is 19.6 Å². The first-order chi connectivity index (χ1) is 11.4. The van der Waals surface area contributed by atoms with Crippen molar-refractivity contribution >= 4 is 23.2 Å². The van der Waals surface area contributed by atoms with Crippen molar-refractivity contribution in [2.45, 2.75) is 32.7 Å². The summed E-state index contributed by atoms with van der Waals surface area (Å²) in [4.78, 5) is 35.2. The van der Waals surface area contributed by atoms with Crippen molar-refractivity contribution in [1.82, 2.24) is 19.7 Å². The maximum atomic E-state index is 13.0. The Morgan fingerprint density at radius 1 is 1.38 bits per heavy atom. The Hall–Kier alpha value is -1.47. The highest BCUT2D eigenvalue weighted by molar-refractivity contribution is 7.09. The molecule has 3 rings (SSSR count). The van der Waals surface area contributed by atoms with E-state index in [2.05, 4.69) is 9.88 Å². The third-order valence-electron chi connectivity index (χ3n) is 5.13. The van der Waals surface area contributed by atoms with Crippen LogP contribution in [-0.4, -0.2) is 71.8 Å². The van der Waals surface area contributed by atoms with Crippen molar-refractivity contribution in [3.05, 3.63) is 16.1 Å². The number of amides is 2. The van der Waals surface area contributed by atoms with Crippen LogP contribution in [0.2, 0.25) is 0 Å². The predicted octanol–water partition coefficient (Wildman–Crippen LogP) is 1.35. The predicted molar refractivity (Wildman–Crippen MR) is 93.7 cm³/mol. The van der Waals surface area contributed by atoms with E-state index in [4.69, 9.17) is 0 Å². The molecule has 132 valence electrons. The number of likely N-dealkylation sites (tertiary alicyclic amines) is 2. The number of hydrogen-bond donors (Lipinski definition) is 0. The van der Waals surface area contributed by atoms with Gasteiger partial charge < -0.3 is 9.80 Å². The SMILES string of the molecule is Cc1nc(CN2CC[C@@]3(CCCN(CC(=O)N(C)C)C3)C2=O)cs1. The number of nitrogens with zero attached hydrogens (tertiary/aromatic N) is 4. The molecular weight excluding hydrogens is 324 g/mol. The second-order valence-corrected chi connectivity index (χ2v) is 8.28.